The number of hydrogen-bond donors (Lipinski definition) is 2. The first-order valence-electron chi connectivity index (χ1n) is 5.45. The van der Waals surface area contributed by atoms with Gasteiger partial charge in [0, 0.05) is 16.6 Å². The zero-order valence-electron chi connectivity index (χ0n) is 9.55. The number of aromatic nitrogens is 3. The number of nitrogens with zero attached hydrogens (tertiary/aromatic N) is 2. The highest BCUT2D eigenvalue weighted by atomic mass is 35.5. The van der Waals surface area contributed by atoms with Gasteiger partial charge in [0.2, 0.25) is 0 Å². The van der Waals surface area contributed by atoms with E-state index in [0.717, 1.165) is 0 Å². The topological polar surface area (TPSA) is 88.0 Å². The van der Waals surface area contributed by atoms with Gasteiger partial charge in [-0.15, -0.1) is 0 Å². The summed E-state index contributed by atoms with van der Waals surface area (Å²) in [5, 5.41) is 12.9. The molecular weight excluding hydrogens is 270 g/mol. The van der Waals surface area contributed by atoms with Gasteiger partial charge in [-0.3, -0.25) is 24.4 Å². The molecule has 0 aliphatic heterocycles. The number of halogens is 1. The predicted molar refractivity (Wildman–Crippen MR) is 70.5 cm³/mol. The van der Waals surface area contributed by atoms with Crippen LogP contribution in [0.2, 0.25) is 5.02 Å². The van der Waals surface area contributed by atoms with Crippen molar-refractivity contribution >= 4 is 39.4 Å². The first kappa shape index (κ1) is 11.7. The number of pyridine rings is 1. The number of carbonyl (C=O) groups is 1. The molecule has 0 atom stereocenters. The number of aliphatic carboxylic acids is 1. The highest BCUT2D eigenvalue weighted by molar-refractivity contribution is 6.31. The molecule has 19 heavy (non-hydrogen) atoms. The summed E-state index contributed by atoms with van der Waals surface area (Å²) in [6.45, 7) is -0.329. The van der Waals surface area contributed by atoms with Crippen LogP contribution in [0.15, 0.2) is 29.2 Å². The molecule has 0 bridgehead atoms. The van der Waals surface area contributed by atoms with E-state index in [9.17, 15) is 9.59 Å². The van der Waals surface area contributed by atoms with E-state index in [1.54, 1.807) is 18.2 Å². The van der Waals surface area contributed by atoms with Gasteiger partial charge in [-0.1, -0.05) is 11.6 Å². The van der Waals surface area contributed by atoms with Crippen LogP contribution in [0.1, 0.15) is 0 Å². The Balaban J connectivity index is 2.47. The van der Waals surface area contributed by atoms with Gasteiger partial charge in [0.25, 0.3) is 5.56 Å². The van der Waals surface area contributed by atoms with Crippen LogP contribution in [-0.4, -0.2) is 25.8 Å². The number of rotatable bonds is 2. The quantitative estimate of drug-likeness (QED) is 0.745. The lowest BCUT2D eigenvalue weighted by Crippen LogP contribution is -2.12. The molecule has 0 saturated carbocycles. The molecule has 7 heteroatoms. The number of fused-ring (bicyclic) bond motifs is 3. The van der Waals surface area contributed by atoms with Crippen molar-refractivity contribution in [1.82, 2.24) is 14.8 Å². The van der Waals surface area contributed by atoms with E-state index in [0.29, 0.717) is 26.8 Å². The number of hydrogen-bond acceptors (Lipinski definition) is 3. The molecule has 0 unspecified atom stereocenters. The number of benzene rings is 1. The van der Waals surface area contributed by atoms with E-state index >= 15 is 0 Å². The van der Waals surface area contributed by atoms with Crippen LogP contribution in [-0.2, 0) is 11.3 Å². The van der Waals surface area contributed by atoms with Crippen molar-refractivity contribution in [2.45, 2.75) is 6.54 Å². The summed E-state index contributed by atoms with van der Waals surface area (Å²) in [6.07, 6.45) is 1.43. The minimum absolute atomic E-state index is 0.329. The van der Waals surface area contributed by atoms with Gasteiger partial charge in [-0.05, 0) is 18.2 Å². The van der Waals surface area contributed by atoms with Crippen LogP contribution >= 0.6 is 11.6 Å². The van der Waals surface area contributed by atoms with Gasteiger partial charge < -0.3 is 5.11 Å². The van der Waals surface area contributed by atoms with Crippen molar-refractivity contribution in [3.8, 4) is 0 Å². The van der Waals surface area contributed by atoms with E-state index < -0.39 is 5.97 Å². The van der Waals surface area contributed by atoms with Gasteiger partial charge >= 0.3 is 5.97 Å². The Kier molecular flexibility index (Phi) is 2.53. The van der Waals surface area contributed by atoms with E-state index in [1.165, 1.54) is 10.9 Å². The molecule has 0 fully saturated rings. The standard InChI is InChI=1S/C12H8ClN3O3/c13-6-1-2-9-7(3-6)11-8(4-14-9)12(19)15-16(11)5-10(17)18/h1-4H,5H2,(H,15,19)(H,17,18). The number of nitrogens with one attached hydrogen (secondary N) is 1. The van der Waals surface area contributed by atoms with Gasteiger partial charge in [-0.25, -0.2) is 0 Å². The molecule has 0 amide bonds. The van der Waals surface area contributed by atoms with Crippen molar-refractivity contribution < 1.29 is 9.90 Å². The molecule has 0 aliphatic carbocycles. The van der Waals surface area contributed by atoms with E-state index in [4.69, 9.17) is 16.7 Å². The third kappa shape index (κ3) is 1.86. The van der Waals surface area contributed by atoms with Crippen LogP contribution in [0.25, 0.3) is 21.8 Å². The summed E-state index contributed by atoms with van der Waals surface area (Å²) in [7, 11) is 0. The Labute approximate surface area is 111 Å². The minimum atomic E-state index is -1.04. The SMILES string of the molecule is O=C(O)Cn1[nH]c(=O)c2cnc3ccc(Cl)cc3c21. The molecule has 0 radical (unpaired) electrons. The maximum atomic E-state index is 11.8. The third-order valence-corrected chi connectivity index (χ3v) is 3.08. The van der Waals surface area contributed by atoms with Gasteiger partial charge in [-0.2, -0.15) is 0 Å². The Bertz CT molecular complexity index is 866. The Hall–Kier alpha value is -2.34. The van der Waals surface area contributed by atoms with Crippen LogP contribution < -0.4 is 5.56 Å². The summed E-state index contributed by atoms with van der Waals surface area (Å²) in [4.78, 5) is 26.8. The molecule has 1 aromatic carbocycles. The highest BCUT2D eigenvalue weighted by Gasteiger charge is 2.13. The van der Waals surface area contributed by atoms with E-state index in [-0.39, 0.29) is 12.1 Å². The number of carboxylic acid groups (broad SMARTS) is 1. The molecular formula is C12H8ClN3O3. The molecule has 2 aromatic heterocycles. The number of carboxylic acids is 1. The second-order valence-corrected chi connectivity index (χ2v) is 4.54. The summed E-state index contributed by atoms with van der Waals surface area (Å²) >= 11 is 5.94. The average molecular weight is 278 g/mol. The average Bonchev–Trinajstić information content (AvgIpc) is 2.65. The maximum Gasteiger partial charge on any atom is 0.325 e. The smallest absolute Gasteiger partial charge is 0.325 e. The molecule has 2 N–H and O–H groups in total. The maximum absolute atomic E-state index is 11.8. The lowest BCUT2D eigenvalue weighted by molar-refractivity contribution is -0.137. The second-order valence-electron chi connectivity index (χ2n) is 4.10. The molecule has 0 saturated heterocycles. The molecule has 6 nitrogen and oxygen atoms in total. The molecule has 2 heterocycles. The summed E-state index contributed by atoms with van der Waals surface area (Å²) in [5.41, 5.74) is 0.778. The number of H-pyrrole nitrogens is 1. The van der Waals surface area contributed by atoms with E-state index in [2.05, 4.69) is 10.1 Å². The zero-order chi connectivity index (χ0) is 13.6. The van der Waals surface area contributed by atoms with Crippen molar-refractivity contribution in [1.29, 1.82) is 0 Å². The first-order valence-corrected chi connectivity index (χ1v) is 5.82. The van der Waals surface area contributed by atoms with Crippen LogP contribution in [0.5, 0.6) is 0 Å². The molecule has 0 aliphatic rings. The van der Waals surface area contributed by atoms with Gasteiger partial charge in [0.05, 0.1) is 16.4 Å². The van der Waals surface area contributed by atoms with Crippen LogP contribution in [0.3, 0.4) is 0 Å². The summed E-state index contributed by atoms with van der Waals surface area (Å²) in [5.74, 6) is -1.04. The minimum Gasteiger partial charge on any atom is -0.480 e. The molecule has 3 rings (SSSR count). The van der Waals surface area contributed by atoms with Crippen molar-refractivity contribution in [2.75, 3.05) is 0 Å². The fourth-order valence-corrected chi connectivity index (χ4v) is 2.27. The molecule has 0 spiro atoms. The van der Waals surface area contributed by atoms with E-state index in [1.807, 2.05) is 0 Å². The van der Waals surface area contributed by atoms with Crippen molar-refractivity contribution in [3.05, 3.63) is 39.8 Å². The van der Waals surface area contributed by atoms with Crippen molar-refractivity contribution in [2.24, 2.45) is 0 Å². The lowest BCUT2D eigenvalue weighted by atomic mass is 10.1. The monoisotopic (exact) mass is 277 g/mol. The Morgan fingerprint density at radius 3 is 2.95 bits per heavy atom. The Morgan fingerprint density at radius 2 is 2.21 bits per heavy atom. The lowest BCUT2D eigenvalue weighted by Gasteiger charge is -2.04. The fourth-order valence-electron chi connectivity index (χ4n) is 2.10. The summed E-state index contributed by atoms with van der Waals surface area (Å²) < 4.78 is 1.29. The fraction of sp³-hybridized carbons (Fsp3) is 0.0833. The third-order valence-electron chi connectivity index (χ3n) is 2.85. The highest BCUT2D eigenvalue weighted by Crippen LogP contribution is 2.24. The van der Waals surface area contributed by atoms with Crippen LogP contribution in [0.4, 0.5) is 0 Å². The largest absolute Gasteiger partial charge is 0.480 e. The summed E-state index contributed by atoms with van der Waals surface area (Å²) in [6, 6.07) is 5.08. The second kappa shape index (κ2) is 4.10. The first-order chi connectivity index (χ1) is 9.06. The van der Waals surface area contributed by atoms with Gasteiger partial charge in [0.15, 0.2) is 0 Å². The zero-order valence-corrected chi connectivity index (χ0v) is 10.3. The normalized spacial score (nSPS) is 11.2. The van der Waals surface area contributed by atoms with Gasteiger partial charge in [0.1, 0.15) is 6.54 Å². The van der Waals surface area contributed by atoms with Crippen LogP contribution in [0, 0.1) is 0 Å². The molecule has 96 valence electrons. The predicted octanol–water partition coefficient (Wildman–Crippen LogP) is 1.62. The van der Waals surface area contributed by atoms with Crippen molar-refractivity contribution in [3.63, 3.8) is 0 Å². The Morgan fingerprint density at radius 1 is 1.42 bits per heavy atom. The molecule has 3 aromatic rings. The number of aromatic amines is 1.